The molecule has 1 aliphatic heterocycles. The standard InChI is InChI=1S/C6H14.C4H8O2.C3H7N/c1-4-6(3)5-2;1-4-5-2-3-6-4;1-3-4-2/h6H,4-5H2,1-3H3;4H,2-3H2,1H3;3H,1-2H3. The number of hydrogen-bond donors (Lipinski definition) is 0. The second-order valence-electron chi connectivity index (χ2n) is 3.75. The van der Waals surface area contributed by atoms with Crippen LogP contribution in [0.1, 0.15) is 47.5 Å². The predicted octanol–water partition coefficient (Wildman–Crippen LogP) is 3.53. The van der Waals surface area contributed by atoms with Gasteiger partial charge in [-0.2, -0.15) is 0 Å². The Hall–Kier alpha value is -0.410. The van der Waals surface area contributed by atoms with E-state index in [9.17, 15) is 0 Å². The molecule has 1 fully saturated rings. The summed E-state index contributed by atoms with van der Waals surface area (Å²) in [6, 6.07) is 0. The minimum absolute atomic E-state index is 0.0463. The van der Waals surface area contributed by atoms with Crippen molar-refractivity contribution in [2.75, 3.05) is 20.3 Å². The first-order valence-corrected chi connectivity index (χ1v) is 6.22. The monoisotopic (exact) mass is 231 g/mol. The van der Waals surface area contributed by atoms with Gasteiger partial charge in [-0.3, -0.25) is 0 Å². The van der Waals surface area contributed by atoms with Crippen LogP contribution in [0.4, 0.5) is 0 Å². The summed E-state index contributed by atoms with van der Waals surface area (Å²) in [5, 5.41) is 0. The van der Waals surface area contributed by atoms with E-state index >= 15 is 0 Å². The van der Waals surface area contributed by atoms with E-state index in [1.807, 2.05) is 13.8 Å². The molecule has 0 aliphatic carbocycles. The van der Waals surface area contributed by atoms with E-state index in [0.29, 0.717) is 0 Å². The normalized spacial score (nSPS) is 15.7. The van der Waals surface area contributed by atoms with Crippen LogP contribution in [0, 0.1) is 5.92 Å². The summed E-state index contributed by atoms with van der Waals surface area (Å²) in [5.41, 5.74) is 0. The first-order chi connectivity index (χ1) is 7.62. The molecule has 1 saturated heterocycles. The molecule has 0 aromatic heterocycles. The maximum absolute atomic E-state index is 4.93. The fraction of sp³-hybridized carbons (Fsp3) is 0.923. The number of hydrogen-bond acceptors (Lipinski definition) is 3. The summed E-state index contributed by atoms with van der Waals surface area (Å²) in [5.74, 6) is 0.935. The SMILES string of the molecule is CC1OCCO1.CC=NC.CCC(C)CC. The van der Waals surface area contributed by atoms with Gasteiger partial charge in [0.2, 0.25) is 0 Å². The Morgan fingerprint density at radius 1 is 1.25 bits per heavy atom. The first-order valence-electron chi connectivity index (χ1n) is 6.22. The van der Waals surface area contributed by atoms with Crippen LogP contribution in [0.3, 0.4) is 0 Å². The molecule has 1 aliphatic rings. The molecule has 1 heterocycles. The number of nitrogens with zero attached hydrogens (tertiary/aromatic N) is 1. The van der Waals surface area contributed by atoms with Gasteiger partial charge < -0.3 is 14.5 Å². The molecule has 0 saturated carbocycles. The molecule has 0 N–H and O–H groups in total. The lowest BCUT2D eigenvalue weighted by atomic mass is 10.1. The molecule has 16 heavy (non-hydrogen) atoms. The van der Waals surface area contributed by atoms with E-state index in [0.717, 1.165) is 19.1 Å². The Balaban J connectivity index is 0. The summed E-state index contributed by atoms with van der Waals surface area (Å²) in [7, 11) is 1.75. The third-order valence-electron chi connectivity index (χ3n) is 2.44. The van der Waals surface area contributed by atoms with Crippen molar-refractivity contribution < 1.29 is 9.47 Å². The molecule has 0 aromatic rings. The fourth-order valence-corrected chi connectivity index (χ4v) is 0.765. The van der Waals surface area contributed by atoms with Crippen molar-refractivity contribution in [3.63, 3.8) is 0 Å². The fourth-order valence-electron chi connectivity index (χ4n) is 0.765. The summed E-state index contributed by atoms with van der Waals surface area (Å²) < 4.78 is 9.86. The van der Waals surface area contributed by atoms with Crippen molar-refractivity contribution in [3.05, 3.63) is 0 Å². The third kappa shape index (κ3) is 16.0. The summed E-state index contributed by atoms with van der Waals surface area (Å²) in [6.07, 6.45) is 4.46. The van der Waals surface area contributed by atoms with Crippen molar-refractivity contribution in [1.29, 1.82) is 0 Å². The van der Waals surface area contributed by atoms with Crippen molar-refractivity contribution >= 4 is 6.21 Å². The highest BCUT2D eigenvalue weighted by atomic mass is 16.7. The van der Waals surface area contributed by atoms with Crippen LogP contribution >= 0.6 is 0 Å². The van der Waals surface area contributed by atoms with Crippen molar-refractivity contribution in [1.82, 2.24) is 0 Å². The highest BCUT2D eigenvalue weighted by Gasteiger charge is 2.07. The van der Waals surface area contributed by atoms with E-state index < -0.39 is 0 Å². The Kier molecular flexibility index (Phi) is 16.4. The van der Waals surface area contributed by atoms with Gasteiger partial charge in [0.05, 0.1) is 13.2 Å². The van der Waals surface area contributed by atoms with Crippen molar-refractivity contribution in [2.24, 2.45) is 10.9 Å². The molecular weight excluding hydrogens is 202 g/mol. The molecule has 0 unspecified atom stereocenters. The number of aliphatic imine (C=N–C) groups is 1. The smallest absolute Gasteiger partial charge is 0.155 e. The van der Waals surface area contributed by atoms with Crippen LogP contribution < -0.4 is 0 Å². The molecule has 3 nitrogen and oxygen atoms in total. The maximum atomic E-state index is 4.93. The first kappa shape index (κ1) is 18.0. The van der Waals surface area contributed by atoms with Gasteiger partial charge >= 0.3 is 0 Å². The van der Waals surface area contributed by atoms with E-state index in [1.54, 1.807) is 13.3 Å². The lowest BCUT2D eigenvalue weighted by Gasteiger charge is -1.98. The molecule has 0 spiro atoms. The van der Waals surface area contributed by atoms with E-state index in [1.165, 1.54) is 12.8 Å². The van der Waals surface area contributed by atoms with Crippen molar-refractivity contribution in [2.45, 2.75) is 53.8 Å². The van der Waals surface area contributed by atoms with Crippen LogP contribution in [0.2, 0.25) is 0 Å². The van der Waals surface area contributed by atoms with Gasteiger partial charge in [-0.05, 0) is 26.0 Å². The molecule has 98 valence electrons. The second kappa shape index (κ2) is 14.6. The van der Waals surface area contributed by atoms with Crippen LogP contribution in [0.25, 0.3) is 0 Å². The minimum Gasteiger partial charge on any atom is -0.351 e. The third-order valence-corrected chi connectivity index (χ3v) is 2.44. The Morgan fingerprint density at radius 3 is 1.69 bits per heavy atom. The van der Waals surface area contributed by atoms with Gasteiger partial charge in [0.25, 0.3) is 0 Å². The zero-order valence-corrected chi connectivity index (χ0v) is 11.8. The number of rotatable bonds is 2. The van der Waals surface area contributed by atoms with Gasteiger partial charge in [-0.25, -0.2) is 0 Å². The van der Waals surface area contributed by atoms with Gasteiger partial charge in [0.1, 0.15) is 0 Å². The Labute approximate surface area is 101 Å². The highest BCUT2D eigenvalue weighted by molar-refractivity contribution is 5.52. The molecular formula is C13H29NO2. The quantitative estimate of drug-likeness (QED) is 0.681. The molecule has 3 heteroatoms. The Morgan fingerprint density at radius 2 is 1.62 bits per heavy atom. The lowest BCUT2D eigenvalue weighted by Crippen LogP contribution is -1.97. The molecule has 0 amide bonds. The van der Waals surface area contributed by atoms with Crippen LogP contribution in [0.15, 0.2) is 4.99 Å². The van der Waals surface area contributed by atoms with Gasteiger partial charge in [-0.15, -0.1) is 0 Å². The molecule has 0 bridgehead atoms. The Bertz CT molecular complexity index is 135. The van der Waals surface area contributed by atoms with Crippen LogP contribution in [-0.2, 0) is 9.47 Å². The molecule has 0 atom stereocenters. The minimum atomic E-state index is 0.0463. The maximum Gasteiger partial charge on any atom is 0.155 e. The largest absolute Gasteiger partial charge is 0.351 e. The lowest BCUT2D eigenvalue weighted by molar-refractivity contribution is -0.0254. The molecule has 0 radical (unpaired) electrons. The van der Waals surface area contributed by atoms with Gasteiger partial charge in [0, 0.05) is 7.05 Å². The van der Waals surface area contributed by atoms with E-state index in [2.05, 4.69) is 25.8 Å². The number of ether oxygens (including phenoxy) is 2. The average molecular weight is 231 g/mol. The summed E-state index contributed by atoms with van der Waals surface area (Å²) in [4.78, 5) is 3.61. The molecule has 1 rings (SSSR count). The molecule has 0 aromatic carbocycles. The zero-order valence-electron chi connectivity index (χ0n) is 11.8. The van der Waals surface area contributed by atoms with Gasteiger partial charge in [-0.1, -0.05) is 33.6 Å². The average Bonchev–Trinajstić information content (AvgIpc) is 2.80. The van der Waals surface area contributed by atoms with Crippen LogP contribution in [0.5, 0.6) is 0 Å². The van der Waals surface area contributed by atoms with Crippen LogP contribution in [-0.4, -0.2) is 32.8 Å². The summed E-state index contributed by atoms with van der Waals surface area (Å²) in [6.45, 7) is 12.1. The highest BCUT2D eigenvalue weighted by Crippen LogP contribution is 2.02. The zero-order chi connectivity index (χ0) is 12.8. The van der Waals surface area contributed by atoms with E-state index in [-0.39, 0.29) is 6.29 Å². The summed E-state index contributed by atoms with van der Waals surface area (Å²) >= 11 is 0. The van der Waals surface area contributed by atoms with Gasteiger partial charge in [0.15, 0.2) is 6.29 Å². The predicted molar refractivity (Wildman–Crippen MR) is 71.2 cm³/mol. The van der Waals surface area contributed by atoms with Crippen molar-refractivity contribution in [3.8, 4) is 0 Å². The second-order valence-corrected chi connectivity index (χ2v) is 3.75. The van der Waals surface area contributed by atoms with E-state index in [4.69, 9.17) is 9.47 Å². The topological polar surface area (TPSA) is 30.8 Å².